The predicted octanol–water partition coefficient (Wildman–Crippen LogP) is 0.991. The smallest absolute Gasteiger partial charge is 0.239 e. The molecule has 0 N–H and O–H groups in total. The molecule has 3 nitrogen and oxygen atoms in total. The van der Waals surface area contributed by atoms with E-state index in [2.05, 4.69) is 4.99 Å². The average Bonchev–Trinajstić information content (AvgIpc) is 1.80. The first-order valence-corrected chi connectivity index (χ1v) is 2.55. The van der Waals surface area contributed by atoms with Crippen LogP contribution in [0.25, 0.3) is 0 Å². The molecule has 0 aliphatic heterocycles. The lowest BCUT2D eigenvalue weighted by atomic mass is 10.5. The van der Waals surface area contributed by atoms with Gasteiger partial charge in [-0.25, -0.2) is 4.79 Å². The molecule has 0 aromatic rings. The molecule has 0 heterocycles. The highest BCUT2D eigenvalue weighted by Crippen LogP contribution is 1.88. The average molecular weight is 146 g/mol. The molecular formula is C5H4ClNO2. The molecule has 0 aromatic heterocycles. The Kier molecular flexibility index (Phi) is 4.69. The Balaban J connectivity index is 3.48. The van der Waals surface area contributed by atoms with Gasteiger partial charge in [-0.3, -0.25) is 4.79 Å². The van der Waals surface area contributed by atoms with E-state index in [1.165, 1.54) is 18.4 Å². The first kappa shape index (κ1) is 8.08. The lowest BCUT2D eigenvalue weighted by Gasteiger charge is -1.75. The van der Waals surface area contributed by atoms with E-state index in [9.17, 15) is 9.59 Å². The van der Waals surface area contributed by atoms with E-state index in [4.69, 9.17) is 11.6 Å². The summed E-state index contributed by atoms with van der Waals surface area (Å²) in [6, 6.07) is 0. The zero-order chi connectivity index (χ0) is 7.11. The lowest BCUT2D eigenvalue weighted by molar-refractivity contribution is -0.110. The van der Waals surface area contributed by atoms with E-state index in [1.807, 2.05) is 0 Å². The number of carbonyl (C=O) groups excluding carboxylic acids is 2. The maximum atomic E-state index is 9.98. The minimum absolute atomic E-state index is 0.0900. The highest BCUT2D eigenvalue weighted by molar-refractivity contribution is 6.63. The van der Waals surface area contributed by atoms with Crippen molar-refractivity contribution in [2.24, 2.45) is 4.99 Å². The molecule has 9 heavy (non-hydrogen) atoms. The molecule has 0 unspecified atom stereocenters. The second-order valence-electron chi connectivity index (χ2n) is 1.16. The molecule has 48 valence electrons. The van der Waals surface area contributed by atoms with Crippen LogP contribution in [0.3, 0.4) is 0 Å². The topological polar surface area (TPSA) is 46.5 Å². The summed E-state index contributed by atoms with van der Waals surface area (Å²) in [5, 5.41) is -0.479. The van der Waals surface area contributed by atoms with Crippen LogP contribution < -0.4 is 0 Å². The van der Waals surface area contributed by atoms with E-state index in [1.54, 1.807) is 0 Å². The van der Waals surface area contributed by atoms with Crippen LogP contribution in [0.5, 0.6) is 0 Å². The molecule has 0 fully saturated rings. The maximum Gasteiger partial charge on any atom is 0.239 e. The zero-order valence-electron chi connectivity index (χ0n) is 4.50. The minimum Gasteiger partial charge on any atom is -0.281 e. The van der Waals surface area contributed by atoms with E-state index >= 15 is 0 Å². The second kappa shape index (κ2) is 5.22. The zero-order valence-corrected chi connectivity index (χ0v) is 5.26. The Morgan fingerprint density at radius 1 is 1.78 bits per heavy atom. The molecule has 4 heteroatoms. The van der Waals surface area contributed by atoms with Crippen LogP contribution >= 0.6 is 11.6 Å². The molecule has 0 saturated carbocycles. The lowest BCUT2D eigenvalue weighted by Crippen LogP contribution is -1.78. The van der Waals surface area contributed by atoms with Gasteiger partial charge in [-0.2, -0.15) is 4.99 Å². The predicted molar refractivity (Wildman–Crippen MR) is 32.7 cm³/mol. The second-order valence-corrected chi connectivity index (χ2v) is 1.59. The standard InChI is InChI=1S/C5H4ClNO2/c6-5(9)2-1-3-7-4-8/h1,3H,2H2. The molecule has 0 bridgehead atoms. The fourth-order valence-corrected chi connectivity index (χ4v) is 0.318. The highest BCUT2D eigenvalue weighted by Gasteiger charge is 1.86. The fraction of sp³-hybridized carbons (Fsp3) is 0.200. The number of isocyanates is 1. The van der Waals surface area contributed by atoms with Crippen molar-refractivity contribution >= 4 is 22.9 Å². The Morgan fingerprint density at radius 2 is 2.44 bits per heavy atom. The minimum atomic E-state index is -0.479. The Bertz CT molecular complexity index is 170. The van der Waals surface area contributed by atoms with E-state index in [0.29, 0.717) is 0 Å². The summed E-state index contributed by atoms with van der Waals surface area (Å²) in [5.41, 5.74) is 0. The molecule has 0 aliphatic carbocycles. The van der Waals surface area contributed by atoms with Crippen LogP contribution in [0.4, 0.5) is 0 Å². The van der Waals surface area contributed by atoms with Gasteiger partial charge >= 0.3 is 0 Å². The van der Waals surface area contributed by atoms with Crippen molar-refractivity contribution < 1.29 is 9.59 Å². The van der Waals surface area contributed by atoms with Crippen molar-refractivity contribution in [1.82, 2.24) is 0 Å². The molecule has 0 aliphatic rings. The summed E-state index contributed by atoms with van der Waals surface area (Å²) in [6.07, 6.45) is 3.91. The Hall–Kier alpha value is -0.920. The van der Waals surface area contributed by atoms with E-state index < -0.39 is 5.24 Å². The molecule has 0 saturated heterocycles. The molecule has 0 amide bonds. The van der Waals surface area contributed by atoms with Gasteiger partial charge in [-0.1, -0.05) is 6.08 Å². The summed E-state index contributed by atoms with van der Waals surface area (Å²) >= 11 is 4.93. The van der Waals surface area contributed by atoms with Crippen molar-refractivity contribution in [2.75, 3.05) is 0 Å². The number of nitrogens with zero attached hydrogens (tertiary/aromatic N) is 1. The Morgan fingerprint density at radius 3 is 2.89 bits per heavy atom. The first-order chi connectivity index (χ1) is 4.27. The van der Waals surface area contributed by atoms with Crippen LogP contribution in [0.2, 0.25) is 0 Å². The quantitative estimate of drug-likeness (QED) is 0.338. The van der Waals surface area contributed by atoms with Gasteiger partial charge in [0.2, 0.25) is 11.3 Å². The van der Waals surface area contributed by atoms with E-state index in [0.717, 1.165) is 0 Å². The maximum absolute atomic E-state index is 9.98. The summed E-state index contributed by atoms with van der Waals surface area (Å²) < 4.78 is 0. The van der Waals surface area contributed by atoms with Gasteiger partial charge in [0.25, 0.3) is 0 Å². The molecule has 0 aromatic carbocycles. The van der Waals surface area contributed by atoms with Crippen molar-refractivity contribution in [3.63, 3.8) is 0 Å². The van der Waals surface area contributed by atoms with Crippen LogP contribution in [0, 0.1) is 0 Å². The third kappa shape index (κ3) is 7.08. The van der Waals surface area contributed by atoms with Gasteiger partial charge in [0, 0.05) is 12.6 Å². The van der Waals surface area contributed by atoms with Crippen LogP contribution in [0.1, 0.15) is 6.42 Å². The number of hydrogen-bond acceptors (Lipinski definition) is 3. The Labute approximate surface area is 57.0 Å². The summed E-state index contributed by atoms with van der Waals surface area (Å²) in [7, 11) is 0. The van der Waals surface area contributed by atoms with Gasteiger partial charge < -0.3 is 0 Å². The van der Waals surface area contributed by atoms with Crippen molar-refractivity contribution in [3.8, 4) is 0 Å². The normalized spacial score (nSPS) is 9.00. The SMILES string of the molecule is O=C=NC=CCC(=O)Cl. The number of rotatable bonds is 3. The van der Waals surface area contributed by atoms with Crippen LogP contribution in [-0.4, -0.2) is 11.3 Å². The van der Waals surface area contributed by atoms with Gasteiger partial charge in [-0.15, -0.1) is 0 Å². The first-order valence-electron chi connectivity index (χ1n) is 2.17. The van der Waals surface area contributed by atoms with E-state index in [-0.39, 0.29) is 6.42 Å². The van der Waals surface area contributed by atoms with Gasteiger partial charge in [0.1, 0.15) is 0 Å². The molecule has 0 rings (SSSR count). The van der Waals surface area contributed by atoms with Gasteiger partial charge in [0.15, 0.2) is 0 Å². The third-order valence-corrected chi connectivity index (χ3v) is 0.665. The van der Waals surface area contributed by atoms with Gasteiger partial charge in [0.05, 0.1) is 0 Å². The monoisotopic (exact) mass is 145 g/mol. The molecular weight excluding hydrogens is 142 g/mol. The van der Waals surface area contributed by atoms with Crippen molar-refractivity contribution in [1.29, 1.82) is 0 Å². The fourth-order valence-electron chi connectivity index (χ4n) is 0.228. The number of halogens is 1. The number of hydrogen-bond donors (Lipinski definition) is 0. The van der Waals surface area contributed by atoms with Gasteiger partial charge in [-0.05, 0) is 11.6 Å². The molecule has 0 radical (unpaired) electrons. The largest absolute Gasteiger partial charge is 0.281 e. The van der Waals surface area contributed by atoms with Crippen LogP contribution in [0.15, 0.2) is 17.3 Å². The summed E-state index contributed by atoms with van der Waals surface area (Å²) in [6.45, 7) is 0. The number of allylic oxidation sites excluding steroid dienone is 1. The summed E-state index contributed by atoms with van der Waals surface area (Å²) in [4.78, 5) is 22.4. The molecule has 0 spiro atoms. The van der Waals surface area contributed by atoms with Crippen molar-refractivity contribution in [3.05, 3.63) is 12.3 Å². The number of carbonyl (C=O) groups is 1. The van der Waals surface area contributed by atoms with Crippen LogP contribution in [-0.2, 0) is 9.59 Å². The summed E-state index contributed by atoms with van der Waals surface area (Å²) in [5.74, 6) is 0. The van der Waals surface area contributed by atoms with Crippen molar-refractivity contribution in [2.45, 2.75) is 6.42 Å². The number of aliphatic imine (C=N–C) groups is 1. The third-order valence-electron chi connectivity index (χ3n) is 0.511. The molecule has 0 atom stereocenters. The highest BCUT2D eigenvalue weighted by atomic mass is 35.5.